The maximum atomic E-state index is 12.7. The Kier molecular flexibility index (Phi) is 5.93. The second-order valence-electron chi connectivity index (χ2n) is 6.22. The predicted octanol–water partition coefficient (Wildman–Crippen LogP) is 3.40. The van der Waals surface area contributed by atoms with Crippen molar-refractivity contribution in [3.63, 3.8) is 0 Å². The molecule has 2 aromatic rings. The second-order valence-corrected chi connectivity index (χ2v) is 6.22. The molecule has 4 nitrogen and oxygen atoms in total. The summed E-state index contributed by atoms with van der Waals surface area (Å²) in [7, 11) is 0. The van der Waals surface area contributed by atoms with Crippen molar-refractivity contribution in [3.8, 4) is 0 Å². The molecule has 0 bridgehead atoms. The number of hydrogen-bond donors (Lipinski definition) is 1. The lowest BCUT2D eigenvalue weighted by Gasteiger charge is -2.18. The molecule has 0 spiro atoms. The van der Waals surface area contributed by atoms with Crippen molar-refractivity contribution in [3.05, 3.63) is 65.0 Å². The van der Waals surface area contributed by atoms with Crippen molar-refractivity contribution >= 4 is 18.3 Å². The fourth-order valence-corrected chi connectivity index (χ4v) is 3.16. The average Bonchev–Trinajstić information content (AvgIpc) is 2.96. The van der Waals surface area contributed by atoms with Gasteiger partial charge in [-0.05, 0) is 24.6 Å². The Labute approximate surface area is 155 Å². The number of halogens is 4. The zero-order valence-electron chi connectivity index (χ0n) is 14.0. The molecular formula is C18H19ClF3N3O. The van der Waals surface area contributed by atoms with Gasteiger partial charge in [0, 0.05) is 25.0 Å². The number of rotatable bonds is 2. The highest BCUT2D eigenvalue weighted by molar-refractivity contribution is 5.95. The number of nitrogens with zero attached hydrogens (tertiary/aromatic N) is 2. The third kappa shape index (κ3) is 3.99. The molecule has 2 heterocycles. The number of carbonyl (C=O) groups excluding carboxylic acids is 1. The Bertz CT molecular complexity index is 783. The summed E-state index contributed by atoms with van der Waals surface area (Å²) in [5, 5.41) is 0. The molecule has 3 rings (SSSR count). The first kappa shape index (κ1) is 20.2. The minimum absolute atomic E-state index is 0. The summed E-state index contributed by atoms with van der Waals surface area (Å²) in [5.41, 5.74) is 6.47. The molecule has 1 aromatic heterocycles. The number of amides is 1. The van der Waals surface area contributed by atoms with E-state index in [1.54, 1.807) is 4.90 Å². The molecule has 1 saturated heterocycles. The normalized spacial score (nSPS) is 20.0. The van der Waals surface area contributed by atoms with Crippen molar-refractivity contribution in [2.45, 2.75) is 25.1 Å². The van der Waals surface area contributed by atoms with Gasteiger partial charge in [0.05, 0.1) is 11.3 Å². The van der Waals surface area contributed by atoms with Gasteiger partial charge in [-0.2, -0.15) is 13.2 Å². The lowest BCUT2D eigenvalue weighted by molar-refractivity contribution is -0.141. The van der Waals surface area contributed by atoms with E-state index in [2.05, 4.69) is 4.98 Å². The van der Waals surface area contributed by atoms with E-state index in [4.69, 9.17) is 5.73 Å². The van der Waals surface area contributed by atoms with E-state index in [1.165, 1.54) is 13.0 Å². The Morgan fingerprint density at radius 1 is 1.15 bits per heavy atom. The molecule has 2 N–H and O–H groups in total. The Morgan fingerprint density at radius 3 is 2.38 bits per heavy atom. The van der Waals surface area contributed by atoms with Crippen LogP contribution in [-0.4, -0.2) is 34.9 Å². The Hall–Kier alpha value is -2.12. The molecule has 1 aliphatic rings. The van der Waals surface area contributed by atoms with Crippen molar-refractivity contribution in [1.82, 2.24) is 9.88 Å². The van der Waals surface area contributed by atoms with Crippen LogP contribution in [-0.2, 0) is 6.18 Å². The van der Waals surface area contributed by atoms with Gasteiger partial charge in [0.25, 0.3) is 5.91 Å². The maximum Gasteiger partial charge on any atom is 0.433 e. The van der Waals surface area contributed by atoms with E-state index >= 15 is 0 Å². The van der Waals surface area contributed by atoms with Gasteiger partial charge in [-0.25, -0.2) is 4.98 Å². The Morgan fingerprint density at radius 2 is 1.81 bits per heavy atom. The number of hydrogen-bond acceptors (Lipinski definition) is 3. The largest absolute Gasteiger partial charge is 0.433 e. The lowest BCUT2D eigenvalue weighted by Crippen LogP contribution is -2.32. The van der Waals surface area contributed by atoms with Crippen LogP contribution in [0.2, 0.25) is 0 Å². The van der Waals surface area contributed by atoms with E-state index in [0.29, 0.717) is 13.1 Å². The zero-order valence-corrected chi connectivity index (χ0v) is 14.8. The SMILES string of the molecule is Cc1nc(C(F)(F)F)ccc1C(=O)N1C[C@@H](N)[C@H](c2ccccc2)C1.Cl. The molecule has 2 atom stereocenters. The Balaban J connectivity index is 0.00000243. The van der Waals surface area contributed by atoms with Crippen LogP contribution in [0.5, 0.6) is 0 Å². The summed E-state index contributed by atoms with van der Waals surface area (Å²) >= 11 is 0. The van der Waals surface area contributed by atoms with Crippen LogP contribution in [0.25, 0.3) is 0 Å². The minimum atomic E-state index is -4.53. The van der Waals surface area contributed by atoms with Gasteiger partial charge in [0.15, 0.2) is 0 Å². The molecular weight excluding hydrogens is 367 g/mol. The van der Waals surface area contributed by atoms with Gasteiger partial charge >= 0.3 is 6.18 Å². The topological polar surface area (TPSA) is 59.2 Å². The smallest absolute Gasteiger partial charge is 0.336 e. The van der Waals surface area contributed by atoms with Crippen molar-refractivity contribution < 1.29 is 18.0 Å². The fraction of sp³-hybridized carbons (Fsp3) is 0.333. The predicted molar refractivity (Wildman–Crippen MR) is 94.3 cm³/mol. The summed E-state index contributed by atoms with van der Waals surface area (Å²) in [6.45, 7) is 2.20. The minimum Gasteiger partial charge on any atom is -0.336 e. The monoisotopic (exact) mass is 385 g/mol. The van der Waals surface area contributed by atoms with Gasteiger partial charge < -0.3 is 10.6 Å². The maximum absolute atomic E-state index is 12.7. The summed E-state index contributed by atoms with van der Waals surface area (Å²) in [6.07, 6.45) is -4.53. The van der Waals surface area contributed by atoms with Gasteiger partial charge in [-0.15, -0.1) is 12.4 Å². The zero-order chi connectivity index (χ0) is 18.2. The average molecular weight is 386 g/mol. The molecule has 0 unspecified atom stereocenters. The van der Waals surface area contributed by atoms with E-state index in [1.807, 2.05) is 30.3 Å². The van der Waals surface area contributed by atoms with Gasteiger partial charge in [0.2, 0.25) is 0 Å². The molecule has 1 aliphatic heterocycles. The first-order valence-corrected chi connectivity index (χ1v) is 7.92. The van der Waals surface area contributed by atoms with Crippen molar-refractivity contribution in [1.29, 1.82) is 0 Å². The van der Waals surface area contributed by atoms with Crippen LogP contribution in [0.4, 0.5) is 13.2 Å². The second kappa shape index (κ2) is 7.63. The molecule has 0 radical (unpaired) electrons. The standard InChI is InChI=1S/C18H18F3N3O.ClH/c1-11-13(7-8-16(23-11)18(19,20)21)17(25)24-9-14(15(22)10-24)12-5-3-2-4-6-12;/h2-8,14-15H,9-10,22H2,1H3;1H/t14-,15+;/m0./s1. The lowest BCUT2D eigenvalue weighted by atomic mass is 9.95. The summed E-state index contributed by atoms with van der Waals surface area (Å²) in [6, 6.07) is 11.5. The van der Waals surface area contributed by atoms with Crippen LogP contribution in [0.1, 0.15) is 33.2 Å². The number of nitrogens with two attached hydrogens (primary N) is 1. The molecule has 8 heteroatoms. The number of aromatic nitrogens is 1. The van der Waals surface area contributed by atoms with Gasteiger partial charge in [0.1, 0.15) is 5.69 Å². The number of carbonyl (C=O) groups is 1. The highest BCUT2D eigenvalue weighted by Crippen LogP contribution is 2.30. The molecule has 140 valence electrons. The molecule has 0 aliphatic carbocycles. The first-order chi connectivity index (χ1) is 11.8. The van der Waals surface area contributed by atoms with E-state index in [0.717, 1.165) is 11.6 Å². The molecule has 1 fully saturated rings. The van der Waals surface area contributed by atoms with E-state index < -0.39 is 11.9 Å². The van der Waals surface area contributed by atoms with Crippen LogP contribution >= 0.6 is 12.4 Å². The molecule has 0 saturated carbocycles. The third-order valence-electron chi connectivity index (χ3n) is 4.49. The summed E-state index contributed by atoms with van der Waals surface area (Å²) in [4.78, 5) is 17.8. The van der Waals surface area contributed by atoms with Crippen molar-refractivity contribution in [2.75, 3.05) is 13.1 Å². The number of aryl methyl sites for hydroxylation is 1. The highest BCUT2D eigenvalue weighted by atomic mass is 35.5. The van der Waals surface area contributed by atoms with E-state index in [9.17, 15) is 18.0 Å². The van der Waals surface area contributed by atoms with Gasteiger partial charge in [-0.3, -0.25) is 4.79 Å². The molecule has 1 aromatic carbocycles. The third-order valence-corrected chi connectivity index (χ3v) is 4.49. The highest BCUT2D eigenvalue weighted by Gasteiger charge is 2.36. The van der Waals surface area contributed by atoms with Crippen LogP contribution in [0.15, 0.2) is 42.5 Å². The van der Waals surface area contributed by atoms with Gasteiger partial charge in [-0.1, -0.05) is 30.3 Å². The van der Waals surface area contributed by atoms with Crippen molar-refractivity contribution in [2.24, 2.45) is 5.73 Å². The van der Waals surface area contributed by atoms with Crippen LogP contribution in [0, 0.1) is 6.92 Å². The molecule has 26 heavy (non-hydrogen) atoms. The summed E-state index contributed by atoms with van der Waals surface area (Å²) in [5.74, 6) is -0.333. The number of pyridine rings is 1. The number of benzene rings is 1. The fourth-order valence-electron chi connectivity index (χ4n) is 3.16. The van der Waals surface area contributed by atoms with Crippen LogP contribution < -0.4 is 5.73 Å². The number of alkyl halides is 3. The van der Waals surface area contributed by atoms with E-state index in [-0.39, 0.29) is 41.5 Å². The molecule has 1 amide bonds. The first-order valence-electron chi connectivity index (χ1n) is 7.92. The van der Waals surface area contributed by atoms with Crippen LogP contribution in [0.3, 0.4) is 0 Å². The number of likely N-dealkylation sites (tertiary alicyclic amines) is 1. The quantitative estimate of drug-likeness (QED) is 0.862. The summed E-state index contributed by atoms with van der Waals surface area (Å²) < 4.78 is 38.2.